The highest BCUT2D eigenvalue weighted by molar-refractivity contribution is 5.12. The summed E-state index contributed by atoms with van der Waals surface area (Å²) in [6, 6.07) is 2.54. The van der Waals surface area contributed by atoms with Gasteiger partial charge in [-0.1, -0.05) is 33.1 Å². The lowest BCUT2D eigenvalue weighted by atomic mass is 9.72. The maximum absolute atomic E-state index is 9.36. The van der Waals surface area contributed by atoms with Crippen molar-refractivity contribution in [3.05, 3.63) is 0 Å². The molecule has 2 atom stereocenters. The van der Waals surface area contributed by atoms with Crippen molar-refractivity contribution in [1.82, 2.24) is 5.32 Å². The van der Waals surface area contributed by atoms with Crippen LogP contribution in [-0.2, 0) is 0 Å². The van der Waals surface area contributed by atoms with Crippen molar-refractivity contribution >= 4 is 0 Å². The molecule has 0 spiro atoms. The molecule has 0 bridgehead atoms. The zero-order chi connectivity index (χ0) is 10.4. The molecule has 80 valence electrons. The molecule has 0 aromatic rings. The predicted octanol–water partition coefficient (Wildman–Crippen LogP) is 2.85. The van der Waals surface area contributed by atoms with Crippen LogP contribution in [0.4, 0.5) is 0 Å². The molecule has 0 heterocycles. The highest BCUT2D eigenvalue weighted by Crippen LogP contribution is 2.35. The van der Waals surface area contributed by atoms with Crippen molar-refractivity contribution < 1.29 is 0 Å². The number of nitrogens with one attached hydrogen (secondary N) is 1. The van der Waals surface area contributed by atoms with Gasteiger partial charge < -0.3 is 0 Å². The van der Waals surface area contributed by atoms with Gasteiger partial charge in [0.15, 0.2) is 0 Å². The third-order valence-corrected chi connectivity index (χ3v) is 3.45. The second-order valence-electron chi connectivity index (χ2n) is 4.36. The van der Waals surface area contributed by atoms with E-state index < -0.39 is 0 Å². The van der Waals surface area contributed by atoms with Gasteiger partial charge in [0.2, 0.25) is 0 Å². The van der Waals surface area contributed by atoms with Gasteiger partial charge >= 0.3 is 0 Å². The Balaban J connectivity index is 2.67. The molecule has 1 aliphatic rings. The first-order chi connectivity index (χ1) is 6.79. The van der Waals surface area contributed by atoms with Crippen LogP contribution in [-0.4, -0.2) is 12.1 Å². The molecule has 1 rings (SSSR count). The molecule has 2 unspecified atom stereocenters. The highest BCUT2D eigenvalue weighted by atomic mass is 15.0. The van der Waals surface area contributed by atoms with Gasteiger partial charge in [-0.2, -0.15) is 5.26 Å². The third-order valence-electron chi connectivity index (χ3n) is 3.45. The van der Waals surface area contributed by atoms with Crippen molar-refractivity contribution in [2.24, 2.45) is 5.92 Å². The van der Waals surface area contributed by atoms with E-state index in [1.807, 2.05) is 0 Å². The molecule has 1 N–H and O–H groups in total. The largest absolute Gasteiger partial charge is 0.299 e. The van der Waals surface area contributed by atoms with Crippen molar-refractivity contribution in [1.29, 1.82) is 5.26 Å². The Hall–Kier alpha value is -0.550. The molecule has 0 radical (unpaired) electrons. The van der Waals surface area contributed by atoms with Crippen LogP contribution in [0, 0.1) is 17.2 Å². The first-order valence-electron chi connectivity index (χ1n) is 5.95. The Morgan fingerprint density at radius 1 is 1.43 bits per heavy atom. The molecule has 2 nitrogen and oxygen atoms in total. The van der Waals surface area contributed by atoms with E-state index in [0.29, 0.717) is 5.92 Å². The molecule has 0 saturated heterocycles. The van der Waals surface area contributed by atoms with Gasteiger partial charge in [-0.05, 0) is 31.7 Å². The maximum Gasteiger partial charge on any atom is 0.109 e. The van der Waals surface area contributed by atoms with E-state index in [0.717, 1.165) is 25.8 Å². The zero-order valence-electron chi connectivity index (χ0n) is 9.47. The lowest BCUT2D eigenvalue weighted by Crippen LogP contribution is -2.52. The lowest BCUT2D eigenvalue weighted by molar-refractivity contribution is 0.192. The maximum atomic E-state index is 9.36. The quantitative estimate of drug-likeness (QED) is 0.747. The first-order valence-corrected chi connectivity index (χ1v) is 5.95. The van der Waals surface area contributed by atoms with Crippen LogP contribution in [0.5, 0.6) is 0 Å². The fourth-order valence-electron chi connectivity index (χ4n) is 2.57. The second-order valence-corrected chi connectivity index (χ2v) is 4.36. The Bertz CT molecular complexity index is 207. The van der Waals surface area contributed by atoms with E-state index >= 15 is 0 Å². The smallest absolute Gasteiger partial charge is 0.109 e. The van der Waals surface area contributed by atoms with Crippen LogP contribution in [0.15, 0.2) is 0 Å². The van der Waals surface area contributed by atoms with Gasteiger partial charge in [0.05, 0.1) is 6.07 Å². The van der Waals surface area contributed by atoms with E-state index in [4.69, 9.17) is 0 Å². The van der Waals surface area contributed by atoms with Crippen LogP contribution in [0.3, 0.4) is 0 Å². The molecular formula is C12H22N2. The topological polar surface area (TPSA) is 35.8 Å². The molecule has 1 saturated carbocycles. The van der Waals surface area contributed by atoms with Crippen LogP contribution in [0.2, 0.25) is 0 Å². The summed E-state index contributed by atoms with van der Waals surface area (Å²) in [4.78, 5) is 0. The van der Waals surface area contributed by atoms with Crippen molar-refractivity contribution in [3.63, 3.8) is 0 Å². The number of hydrogen-bond acceptors (Lipinski definition) is 2. The van der Waals surface area contributed by atoms with E-state index in [1.54, 1.807) is 0 Å². The Morgan fingerprint density at radius 2 is 2.21 bits per heavy atom. The molecule has 0 aliphatic heterocycles. The van der Waals surface area contributed by atoms with Crippen LogP contribution < -0.4 is 5.32 Å². The number of rotatable bonds is 4. The first kappa shape index (κ1) is 11.5. The van der Waals surface area contributed by atoms with Gasteiger partial charge in [0.25, 0.3) is 0 Å². The fraction of sp³-hybridized carbons (Fsp3) is 0.917. The van der Waals surface area contributed by atoms with Gasteiger partial charge in [0, 0.05) is 0 Å². The van der Waals surface area contributed by atoms with Crippen molar-refractivity contribution in [2.75, 3.05) is 6.54 Å². The van der Waals surface area contributed by atoms with Gasteiger partial charge in [-0.25, -0.2) is 0 Å². The minimum atomic E-state index is -0.205. The van der Waals surface area contributed by atoms with E-state index in [-0.39, 0.29) is 5.54 Å². The fourth-order valence-corrected chi connectivity index (χ4v) is 2.57. The number of hydrogen-bond donors (Lipinski definition) is 1. The number of nitriles is 1. The van der Waals surface area contributed by atoms with Crippen molar-refractivity contribution in [3.8, 4) is 6.07 Å². The van der Waals surface area contributed by atoms with Crippen LogP contribution in [0.1, 0.15) is 52.4 Å². The van der Waals surface area contributed by atoms with Gasteiger partial charge in [-0.3, -0.25) is 5.32 Å². The summed E-state index contributed by atoms with van der Waals surface area (Å²) in [6.07, 6.45) is 7.02. The van der Waals surface area contributed by atoms with Crippen molar-refractivity contribution in [2.45, 2.75) is 57.9 Å². The lowest BCUT2D eigenvalue weighted by Gasteiger charge is -2.39. The third kappa shape index (κ3) is 2.27. The average molecular weight is 194 g/mol. The molecule has 0 aromatic heterocycles. The van der Waals surface area contributed by atoms with Gasteiger partial charge in [-0.15, -0.1) is 0 Å². The normalized spacial score (nSPS) is 32.5. The summed E-state index contributed by atoms with van der Waals surface area (Å²) < 4.78 is 0. The van der Waals surface area contributed by atoms with E-state index in [9.17, 15) is 5.26 Å². The summed E-state index contributed by atoms with van der Waals surface area (Å²) >= 11 is 0. The second kappa shape index (κ2) is 5.36. The SMILES string of the molecule is CCCNC1(C#N)CCCCC1CC. The molecule has 1 aliphatic carbocycles. The molecule has 0 aromatic carbocycles. The summed E-state index contributed by atoms with van der Waals surface area (Å²) in [7, 11) is 0. The standard InChI is InChI=1S/C12H22N2/c1-3-9-14-12(10-13)8-6-5-7-11(12)4-2/h11,14H,3-9H2,1-2H3. The minimum Gasteiger partial charge on any atom is -0.299 e. The average Bonchev–Trinajstić information content (AvgIpc) is 2.26. The molecular weight excluding hydrogens is 172 g/mol. The molecule has 1 fully saturated rings. The van der Waals surface area contributed by atoms with E-state index in [1.165, 1.54) is 19.3 Å². The highest BCUT2D eigenvalue weighted by Gasteiger charge is 2.39. The molecule has 2 heteroatoms. The zero-order valence-corrected chi connectivity index (χ0v) is 9.47. The Labute approximate surface area is 87.7 Å². The predicted molar refractivity (Wildman–Crippen MR) is 58.9 cm³/mol. The molecule has 0 amide bonds. The van der Waals surface area contributed by atoms with E-state index in [2.05, 4.69) is 25.2 Å². The monoisotopic (exact) mass is 194 g/mol. The Morgan fingerprint density at radius 3 is 2.79 bits per heavy atom. The summed E-state index contributed by atoms with van der Waals surface area (Å²) in [5, 5.41) is 12.8. The minimum absolute atomic E-state index is 0.205. The van der Waals surface area contributed by atoms with Crippen LogP contribution >= 0.6 is 0 Å². The summed E-state index contributed by atoms with van der Waals surface area (Å²) in [6.45, 7) is 5.33. The Kier molecular flexibility index (Phi) is 4.41. The summed E-state index contributed by atoms with van der Waals surface area (Å²) in [5.41, 5.74) is -0.205. The van der Waals surface area contributed by atoms with Gasteiger partial charge in [0.1, 0.15) is 5.54 Å². The molecule has 14 heavy (non-hydrogen) atoms. The summed E-state index contributed by atoms with van der Waals surface area (Å²) in [5.74, 6) is 0.563. The number of nitrogens with zero attached hydrogens (tertiary/aromatic N) is 1. The van der Waals surface area contributed by atoms with Crippen LogP contribution in [0.25, 0.3) is 0 Å².